The van der Waals surface area contributed by atoms with Gasteiger partial charge in [0.05, 0.1) is 0 Å². The van der Waals surface area contributed by atoms with Crippen LogP contribution in [-0.2, 0) is 0 Å². The lowest BCUT2D eigenvalue weighted by Crippen LogP contribution is -2.35. The normalized spacial score (nSPS) is 30.7. The Morgan fingerprint density at radius 2 is 1.90 bits per heavy atom. The van der Waals surface area contributed by atoms with Crippen LogP contribution < -0.4 is 5.32 Å². The van der Waals surface area contributed by atoms with Crippen LogP contribution in [0.5, 0.6) is 0 Å². The van der Waals surface area contributed by atoms with E-state index in [4.69, 9.17) is 0 Å². The third kappa shape index (κ3) is 2.09. The molecule has 2 heterocycles. The van der Waals surface area contributed by atoms with E-state index in [2.05, 4.69) is 66.5 Å². The van der Waals surface area contributed by atoms with Gasteiger partial charge in [-0.3, -0.25) is 4.90 Å². The summed E-state index contributed by atoms with van der Waals surface area (Å²) in [5.41, 5.74) is 1.48. The van der Waals surface area contributed by atoms with Gasteiger partial charge in [-0.15, -0.1) is 0 Å². The van der Waals surface area contributed by atoms with Gasteiger partial charge in [-0.25, -0.2) is 0 Å². The quantitative estimate of drug-likeness (QED) is 0.906. The average Bonchev–Trinajstić information content (AvgIpc) is 3.09. The molecule has 2 nitrogen and oxygen atoms in total. The number of hydrogen-bond acceptors (Lipinski definition) is 2. The fourth-order valence-corrected chi connectivity index (χ4v) is 4.51. The second-order valence-electron chi connectivity index (χ2n) is 6.76. The van der Waals surface area contributed by atoms with Gasteiger partial charge in [0.25, 0.3) is 0 Å². The van der Waals surface area contributed by atoms with Crippen LogP contribution in [0, 0.1) is 11.8 Å². The molecule has 2 aliphatic rings. The number of rotatable bonds is 2. The summed E-state index contributed by atoms with van der Waals surface area (Å²) < 4.78 is 0. The summed E-state index contributed by atoms with van der Waals surface area (Å²) in [6, 6.07) is 16.7. The number of hydrogen-bond donors (Lipinski definition) is 1. The Morgan fingerprint density at radius 1 is 1.10 bits per heavy atom. The van der Waals surface area contributed by atoms with Gasteiger partial charge < -0.3 is 5.32 Å². The summed E-state index contributed by atoms with van der Waals surface area (Å²) in [6.07, 6.45) is 0. The molecule has 0 bridgehead atoms. The smallest absolute Gasteiger partial charge is 0.0329 e. The van der Waals surface area contributed by atoms with Crippen LogP contribution in [0.1, 0.15) is 25.5 Å². The van der Waals surface area contributed by atoms with Crippen molar-refractivity contribution < 1.29 is 0 Å². The Hall–Kier alpha value is -1.38. The summed E-state index contributed by atoms with van der Waals surface area (Å²) in [6.45, 7) is 8.44. The SMILES string of the molecule is CC(c1cccc2ccccc12)N1CC2CNCC2C1C. The maximum atomic E-state index is 3.56. The second kappa shape index (κ2) is 5.11. The van der Waals surface area contributed by atoms with E-state index >= 15 is 0 Å². The first kappa shape index (κ1) is 13.3. The molecule has 2 aromatic carbocycles. The summed E-state index contributed by atoms with van der Waals surface area (Å²) >= 11 is 0. The van der Waals surface area contributed by atoms with Crippen LogP contribution in [0.15, 0.2) is 42.5 Å². The third-order valence-electron chi connectivity index (χ3n) is 5.75. The molecule has 0 saturated carbocycles. The van der Waals surface area contributed by atoms with Crippen LogP contribution in [-0.4, -0.2) is 30.6 Å². The molecule has 2 aromatic rings. The highest BCUT2D eigenvalue weighted by Gasteiger charge is 2.43. The van der Waals surface area contributed by atoms with Crippen molar-refractivity contribution in [1.82, 2.24) is 10.2 Å². The van der Waals surface area contributed by atoms with E-state index in [1.54, 1.807) is 0 Å². The van der Waals surface area contributed by atoms with Gasteiger partial charge in [-0.1, -0.05) is 42.5 Å². The summed E-state index contributed by atoms with van der Waals surface area (Å²) in [5.74, 6) is 1.68. The Balaban J connectivity index is 1.69. The summed E-state index contributed by atoms with van der Waals surface area (Å²) in [7, 11) is 0. The van der Waals surface area contributed by atoms with Crippen molar-refractivity contribution in [2.75, 3.05) is 19.6 Å². The molecule has 0 radical (unpaired) electrons. The van der Waals surface area contributed by atoms with E-state index in [0.717, 1.165) is 11.8 Å². The molecule has 110 valence electrons. The number of nitrogens with zero attached hydrogens (tertiary/aromatic N) is 1. The molecular formula is C19H24N2. The Bertz CT molecular complexity index is 646. The van der Waals surface area contributed by atoms with Crippen molar-refractivity contribution >= 4 is 10.8 Å². The summed E-state index contributed by atoms with van der Waals surface area (Å²) in [4.78, 5) is 2.72. The van der Waals surface area contributed by atoms with Gasteiger partial charge in [0.1, 0.15) is 0 Å². The minimum Gasteiger partial charge on any atom is -0.316 e. The van der Waals surface area contributed by atoms with Gasteiger partial charge in [0.15, 0.2) is 0 Å². The molecule has 2 fully saturated rings. The van der Waals surface area contributed by atoms with Crippen molar-refractivity contribution in [3.8, 4) is 0 Å². The second-order valence-corrected chi connectivity index (χ2v) is 6.76. The van der Waals surface area contributed by atoms with Crippen LogP contribution >= 0.6 is 0 Å². The number of fused-ring (bicyclic) bond motifs is 2. The Labute approximate surface area is 127 Å². The van der Waals surface area contributed by atoms with E-state index in [-0.39, 0.29) is 0 Å². The van der Waals surface area contributed by atoms with Crippen molar-refractivity contribution in [2.45, 2.75) is 25.9 Å². The zero-order valence-electron chi connectivity index (χ0n) is 12.9. The number of benzene rings is 2. The molecule has 0 aliphatic carbocycles. The fourth-order valence-electron chi connectivity index (χ4n) is 4.51. The third-order valence-corrected chi connectivity index (χ3v) is 5.75. The highest BCUT2D eigenvalue weighted by molar-refractivity contribution is 5.86. The lowest BCUT2D eigenvalue weighted by atomic mass is 9.95. The number of nitrogens with one attached hydrogen (secondary N) is 1. The van der Waals surface area contributed by atoms with E-state index in [9.17, 15) is 0 Å². The van der Waals surface area contributed by atoms with E-state index < -0.39 is 0 Å². The molecule has 0 spiro atoms. The molecule has 1 N–H and O–H groups in total. The van der Waals surface area contributed by atoms with Crippen molar-refractivity contribution in [1.29, 1.82) is 0 Å². The molecule has 21 heavy (non-hydrogen) atoms. The van der Waals surface area contributed by atoms with E-state index in [1.165, 1.54) is 36.0 Å². The van der Waals surface area contributed by atoms with Crippen LogP contribution in [0.3, 0.4) is 0 Å². The highest BCUT2D eigenvalue weighted by atomic mass is 15.2. The molecule has 4 rings (SSSR count). The zero-order valence-corrected chi connectivity index (χ0v) is 12.9. The Kier molecular flexibility index (Phi) is 3.24. The predicted octanol–water partition coefficient (Wildman–Crippen LogP) is 3.44. The monoisotopic (exact) mass is 280 g/mol. The lowest BCUT2D eigenvalue weighted by Gasteiger charge is -2.31. The first-order valence-corrected chi connectivity index (χ1v) is 8.20. The van der Waals surface area contributed by atoms with Gasteiger partial charge in [0.2, 0.25) is 0 Å². The molecule has 4 unspecified atom stereocenters. The van der Waals surface area contributed by atoms with E-state index in [0.29, 0.717) is 12.1 Å². The van der Waals surface area contributed by atoms with E-state index in [1.807, 2.05) is 0 Å². The highest BCUT2D eigenvalue weighted by Crippen LogP contribution is 2.39. The minimum atomic E-state index is 0.497. The molecule has 2 saturated heterocycles. The topological polar surface area (TPSA) is 15.3 Å². The Morgan fingerprint density at radius 3 is 2.76 bits per heavy atom. The van der Waals surface area contributed by atoms with Gasteiger partial charge in [-0.05, 0) is 55.1 Å². The zero-order chi connectivity index (χ0) is 14.4. The largest absolute Gasteiger partial charge is 0.316 e. The minimum absolute atomic E-state index is 0.497. The maximum Gasteiger partial charge on any atom is 0.0329 e. The lowest BCUT2D eigenvalue weighted by molar-refractivity contribution is 0.183. The summed E-state index contributed by atoms with van der Waals surface area (Å²) in [5, 5.41) is 6.33. The van der Waals surface area contributed by atoms with Crippen LogP contribution in [0.2, 0.25) is 0 Å². The van der Waals surface area contributed by atoms with Crippen LogP contribution in [0.25, 0.3) is 10.8 Å². The molecule has 0 aromatic heterocycles. The van der Waals surface area contributed by atoms with Gasteiger partial charge >= 0.3 is 0 Å². The van der Waals surface area contributed by atoms with Gasteiger partial charge in [0, 0.05) is 18.6 Å². The first-order valence-electron chi connectivity index (χ1n) is 8.20. The predicted molar refractivity (Wildman–Crippen MR) is 88.4 cm³/mol. The molecule has 2 heteroatoms. The molecular weight excluding hydrogens is 256 g/mol. The van der Waals surface area contributed by atoms with Crippen molar-refractivity contribution in [2.24, 2.45) is 11.8 Å². The molecule has 0 amide bonds. The standard InChI is InChI=1S/C19H24N2/c1-13(21-12-16-10-20-11-19(16)14(21)2)17-9-5-7-15-6-3-4-8-18(15)17/h3-9,13-14,16,19-20H,10-12H2,1-2H3. The van der Waals surface area contributed by atoms with Crippen molar-refractivity contribution in [3.63, 3.8) is 0 Å². The maximum absolute atomic E-state index is 3.56. The fraction of sp³-hybridized carbons (Fsp3) is 0.474. The van der Waals surface area contributed by atoms with Crippen LogP contribution in [0.4, 0.5) is 0 Å². The van der Waals surface area contributed by atoms with Gasteiger partial charge in [-0.2, -0.15) is 0 Å². The average molecular weight is 280 g/mol. The number of likely N-dealkylation sites (tertiary alicyclic amines) is 1. The molecule has 4 atom stereocenters. The molecule has 2 aliphatic heterocycles. The first-order chi connectivity index (χ1) is 10.3. The van der Waals surface area contributed by atoms with Crippen molar-refractivity contribution in [3.05, 3.63) is 48.0 Å².